The molecule has 1 saturated carbocycles. The fourth-order valence-corrected chi connectivity index (χ4v) is 4.63. The highest BCUT2D eigenvalue weighted by atomic mass is 16.6. The smallest absolute Gasteiger partial charge is 0.407 e. The van der Waals surface area contributed by atoms with Crippen molar-refractivity contribution in [1.29, 1.82) is 0 Å². The Morgan fingerprint density at radius 1 is 1.20 bits per heavy atom. The van der Waals surface area contributed by atoms with E-state index >= 15 is 0 Å². The van der Waals surface area contributed by atoms with Crippen LogP contribution in [0.4, 0.5) is 10.6 Å². The largest absolute Gasteiger partial charge is 0.507 e. The second-order valence-electron chi connectivity index (χ2n) is 10.2. The molecule has 3 aromatic rings. The van der Waals surface area contributed by atoms with Gasteiger partial charge in [-0.05, 0) is 45.1 Å². The van der Waals surface area contributed by atoms with Crippen LogP contribution in [0, 0.1) is 0 Å². The summed E-state index contributed by atoms with van der Waals surface area (Å²) in [6, 6.07) is 14.8. The molecule has 2 aromatic carbocycles. The van der Waals surface area contributed by atoms with Gasteiger partial charge in [-0.15, -0.1) is 0 Å². The molecular weight excluding hydrogens is 526 g/mol. The maximum atomic E-state index is 12.7. The van der Waals surface area contributed by atoms with E-state index in [1.807, 2.05) is 44.2 Å². The average Bonchev–Trinajstić information content (AvgIpc) is 3.60. The minimum absolute atomic E-state index is 0.0155. The Morgan fingerprint density at radius 3 is 2.76 bits per heavy atom. The van der Waals surface area contributed by atoms with E-state index in [4.69, 9.17) is 14.2 Å². The van der Waals surface area contributed by atoms with Gasteiger partial charge in [0.2, 0.25) is 0 Å². The number of aromatic amines is 1. The first-order valence-corrected chi connectivity index (χ1v) is 13.7. The van der Waals surface area contributed by atoms with E-state index in [2.05, 4.69) is 25.8 Å². The van der Waals surface area contributed by atoms with Crippen LogP contribution in [0.5, 0.6) is 17.2 Å². The molecule has 0 unspecified atom stereocenters. The Kier molecular flexibility index (Phi) is 10.2. The zero-order valence-corrected chi connectivity index (χ0v) is 23.6. The van der Waals surface area contributed by atoms with Gasteiger partial charge in [-0.25, -0.2) is 4.79 Å². The molecule has 2 amide bonds. The fourth-order valence-electron chi connectivity index (χ4n) is 4.63. The van der Waals surface area contributed by atoms with Gasteiger partial charge in [0.1, 0.15) is 23.4 Å². The number of aromatic nitrogens is 2. The van der Waals surface area contributed by atoms with E-state index in [1.165, 1.54) is 19.4 Å². The number of benzene rings is 2. The van der Waals surface area contributed by atoms with Crippen molar-refractivity contribution < 1.29 is 28.9 Å². The third-order valence-electron chi connectivity index (χ3n) is 6.65. The van der Waals surface area contributed by atoms with Crippen molar-refractivity contribution in [2.75, 3.05) is 25.6 Å². The molecular formula is C30H37N5O6. The molecule has 1 heterocycles. The zero-order valence-electron chi connectivity index (χ0n) is 23.6. The van der Waals surface area contributed by atoms with Crippen molar-refractivity contribution in [3.05, 3.63) is 65.4 Å². The first-order valence-electron chi connectivity index (χ1n) is 13.7. The number of anilines is 1. The van der Waals surface area contributed by atoms with Crippen molar-refractivity contribution in [2.45, 2.75) is 57.6 Å². The molecule has 4 N–H and O–H groups in total. The lowest BCUT2D eigenvalue weighted by Crippen LogP contribution is -2.33. The topological polar surface area (TPSA) is 147 Å². The van der Waals surface area contributed by atoms with Gasteiger partial charge in [0.05, 0.1) is 12.7 Å². The van der Waals surface area contributed by atoms with Gasteiger partial charge in [0.25, 0.3) is 5.91 Å². The van der Waals surface area contributed by atoms with Gasteiger partial charge in [-0.3, -0.25) is 14.9 Å². The van der Waals surface area contributed by atoms with Crippen LogP contribution in [0.2, 0.25) is 0 Å². The predicted octanol–water partition coefficient (Wildman–Crippen LogP) is 4.57. The molecule has 0 bridgehead atoms. The average molecular weight is 564 g/mol. The Morgan fingerprint density at radius 2 is 2.00 bits per heavy atom. The van der Waals surface area contributed by atoms with Gasteiger partial charge in [-0.2, -0.15) is 5.10 Å². The fraction of sp³-hybridized carbons (Fsp3) is 0.400. The molecule has 4 rings (SSSR count). The lowest BCUT2D eigenvalue weighted by atomic mass is 10.0. The first-order chi connectivity index (χ1) is 19.8. The van der Waals surface area contributed by atoms with Gasteiger partial charge in [0, 0.05) is 48.6 Å². The number of carbonyl (C=O) groups excluding carboxylic acids is 2. The molecule has 0 radical (unpaired) electrons. The van der Waals surface area contributed by atoms with E-state index < -0.39 is 12.0 Å². The highest BCUT2D eigenvalue weighted by Crippen LogP contribution is 2.36. The van der Waals surface area contributed by atoms with Crippen LogP contribution in [-0.4, -0.2) is 65.9 Å². The molecule has 41 heavy (non-hydrogen) atoms. The second kappa shape index (κ2) is 14.2. The van der Waals surface area contributed by atoms with Crippen LogP contribution in [0.25, 0.3) is 0 Å². The number of aliphatic imine (C=N–C) groups is 1. The first kappa shape index (κ1) is 29.4. The van der Waals surface area contributed by atoms with Gasteiger partial charge in [-0.1, -0.05) is 30.3 Å². The SMILES string of the molecule is COc1cc(O)c(C=NCCc2ccccc2)c(OCC(=O)Nc2cc([C@H]3CC[C@@H](OC(=O)NC(C)C)C3)[nH]n2)c1. The number of carbonyl (C=O) groups is 2. The Labute approximate surface area is 239 Å². The van der Waals surface area contributed by atoms with Crippen LogP contribution in [-0.2, 0) is 16.0 Å². The summed E-state index contributed by atoms with van der Waals surface area (Å²) in [4.78, 5) is 29.0. The number of phenolic OH excluding ortho intramolecular Hbond substituents is 1. The molecule has 2 atom stereocenters. The van der Waals surface area contributed by atoms with Crippen LogP contribution in [0.1, 0.15) is 55.8 Å². The van der Waals surface area contributed by atoms with E-state index in [-0.39, 0.29) is 36.2 Å². The summed E-state index contributed by atoms with van der Waals surface area (Å²) >= 11 is 0. The minimum Gasteiger partial charge on any atom is -0.507 e. The number of rotatable bonds is 12. The Balaban J connectivity index is 1.30. The number of ether oxygens (including phenoxy) is 3. The maximum Gasteiger partial charge on any atom is 0.407 e. The van der Waals surface area contributed by atoms with Gasteiger partial charge in [0.15, 0.2) is 12.4 Å². The molecule has 11 heteroatoms. The molecule has 218 valence electrons. The molecule has 0 saturated heterocycles. The molecule has 1 aromatic heterocycles. The van der Waals surface area contributed by atoms with Crippen molar-refractivity contribution in [2.24, 2.45) is 4.99 Å². The van der Waals surface area contributed by atoms with E-state index in [0.717, 1.165) is 30.5 Å². The van der Waals surface area contributed by atoms with Gasteiger partial charge >= 0.3 is 6.09 Å². The van der Waals surface area contributed by atoms with Crippen LogP contribution >= 0.6 is 0 Å². The van der Waals surface area contributed by atoms with Gasteiger partial charge < -0.3 is 30.0 Å². The summed E-state index contributed by atoms with van der Waals surface area (Å²) < 4.78 is 16.5. The Bertz CT molecular complexity index is 1340. The maximum absolute atomic E-state index is 12.7. The molecule has 0 aliphatic heterocycles. The third-order valence-corrected chi connectivity index (χ3v) is 6.65. The van der Waals surface area contributed by atoms with Crippen molar-refractivity contribution in [1.82, 2.24) is 15.5 Å². The number of H-pyrrole nitrogens is 1. The number of amides is 2. The molecule has 0 spiro atoms. The van der Waals surface area contributed by atoms with Crippen LogP contribution in [0.3, 0.4) is 0 Å². The molecule has 1 aliphatic carbocycles. The van der Waals surface area contributed by atoms with Crippen LogP contribution in [0.15, 0.2) is 53.5 Å². The predicted molar refractivity (Wildman–Crippen MR) is 155 cm³/mol. The second-order valence-corrected chi connectivity index (χ2v) is 10.2. The molecule has 1 fully saturated rings. The number of alkyl carbamates (subject to hydrolysis) is 1. The quantitative estimate of drug-likeness (QED) is 0.236. The Hall–Kier alpha value is -4.54. The minimum atomic E-state index is -0.421. The summed E-state index contributed by atoms with van der Waals surface area (Å²) in [6.45, 7) is 3.97. The normalized spacial score (nSPS) is 16.6. The summed E-state index contributed by atoms with van der Waals surface area (Å²) in [5, 5.41) is 23.2. The zero-order chi connectivity index (χ0) is 29.2. The molecule has 11 nitrogen and oxygen atoms in total. The van der Waals surface area contributed by atoms with Crippen molar-refractivity contribution in [3.8, 4) is 17.2 Å². The van der Waals surface area contributed by atoms with Crippen LogP contribution < -0.4 is 20.1 Å². The number of nitrogens with one attached hydrogen (secondary N) is 3. The lowest BCUT2D eigenvalue weighted by molar-refractivity contribution is -0.118. The number of aromatic hydroxyl groups is 1. The molecule has 1 aliphatic rings. The summed E-state index contributed by atoms with van der Waals surface area (Å²) in [5.74, 6) is 0.672. The lowest BCUT2D eigenvalue weighted by Gasteiger charge is -2.14. The third kappa shape index (κ3) is 8.72. The van der Waals surface area contributed by atoms with Crippen molar-refractivity contribution in [3.63, 3.8) is 0 Å². The number of nitrogens with zero attached hydrogens (tertiary/aromatic N) is 2. The summed E-state index contributed by atoms with van der Waals surface area (Å²) in [7, 11) is 1.48. The number of hydrogen-bond acceptors (Lipinski definition) is 8. The highest BCUT2D eigenvalue weighted by molar-refractivity contribution is 5.92. The highest BCUT2D eigenvalue weighted by Gasteiger charge is 2.30. The number of methoxy groups -OCH3 is 1. The summed E-state index contributed by atoms with van der Waals surface area (Å²) in [6.07, 6.45) is 4.00. The van der Waals surface area contributed by atoms with E-state index in [1.54, 1.807) is 12.1 Å². The van der Waals surface area contributed by atoms with E-state index in [9.17, 15) is 14.7 Å². The number of phenols is 1. The monoisotopic (exact) mass is 563 g/mol. The summed E-state index contributed by atoms with van der Waals surface area (Å²) in [5.41, 5.74) is 2.38. The van der Waals surface area contributed by atoms with Crippen molar-refractivity contribution >= 4 is 24.0 Å². The van der Waals surface area contributed by atoms with E-state index in [0.29, 0.717) is 30.1 Å². The standard InChI is InChI=1S/C30H37N5O6/c1-19(2)32-30(38)41-22-10-9-21(13-22)25-16-28(35-34-25)33-29(37)18-40-27-15-23(39-3)14-26(36)24(27)17-31-12-11-20-7-5-4-6-8-20/h4-8,14-17,19,21-22,36H,9-13,18H2,1-3H3,(H,32,38)(H2,33,34,35,37)/t21-,22+/m0/s1. The number of hydrogen-bond donors (Lipinski definition) is 4.